The van der Waals surface area contributed by atoms with Crippen LogP contribution in [0, 0.1) is 0 Å². The summed E-state index contributed by atoms with van der Waals surface area (Å²) in [5, 5.41) is 12.0. The molecule has 0 bridgehead atoms. The molecule has 0 saturated carbocycles. The third-order valence-electron chi connectivity index (χ3n) is 4.52. The lowest BCUT2D eigenvalue weighted by atomic mass is 10.2. The SMILES string of the molecule is O=C(CSc1nnc(-c2ccc(Cl)cc2)n1Cc1ccco1)Nc1cccc(C(F)(F)F)c1. The number of benzene rings is 2. The van der Waals surface area contributed by atoms with Crippen LogP contribution in [0.4, 0.5) is 18.9 Å². The predicted octanol–water partition coefficient (Wildman–Crippen LogP) is 5.99. The van der Waals surface area contributed by atoms with Crippen molar-refractivity contribution in [3.63, 3.8) is 0 Å². The molecule has 0 aliphatic rings. The molecular formula is C22H16ClF3N4O2S. The van der Waals surface area contributed by atoms with Gasteiger partial charge < -0.3 is 9.73 Å². The second-order valence-electron chi connectivity index (χ2n) is 6.89. The number of carbonyl (C=O) groups excluding carboxylic acids is 1. The second kappa shape index (κ2) is 9.72. The molecule has 0 fully saturated rings. The molecule has 6 nitrogen and oxygen atoms in total. The number of halogens is 4. The van der Waals surface area contributed by atoms with Gasteiger partial charge in [0.25, 0.3) is 0 Å². The van der Waals surface area contributed by atoms with Crippen molar-refractivity contribution in [3.8, 4) is 11.4 Å². The lowest BCUT2D eigenvalue weighted by molar-refractivity contribution is -0.137. The number of rotatable bonds is 7. The van der Waals surface area contributed by atoms with Crippen molar-refractivity contribution >= 4 is 35.0 Å². The monoisotopic (exact) mass is 492 g/mol. The quantitative estimate of drug-likeness (QED) is 0.321. The van der Waals surface area contributed by atoms with Crippen molar-refractivity contribution in [3.05, 3.63) is 83.3 Å². The van der Waals surface area contributed by atoms with E-state index in [0.717, 1.165) is 29.5 Å². The average Bonchev–Trinajstić information content (AvgIpc) is 3.43. The van der Waals surface area contributed by atoms with Crippen LogP contribution in [0.1, 0.15) is 11.3 Å². The van der Waals surface area contributed by atoms with Gasteiger partial charge in [-0.3, -0.25) is 9.36 Å². The molecule has 2 heterocycles. The molecule has 2 aromatic carbocycles. The molecule has 11 heteroatoms. The standard InChI is InChI=1S/C22H16ClF3N4O2S/c23-16-8-6-14(7-9-16)20-28-29-21(30(20)12-18-5-2-10-32-18)33-13-19(31)27-17-4-1-3-15(11-17)22(24,25)26/h1-11H,12-13H2,(H,27,31). The topological polar surface area (TPSA) is 73.0 Å². The smallest absolute Gasteiger partial charge is 0.416 e. The molecule has 1 N–H and O–H groups in total. The maximum atomic E-state index is 12.9. The summed E-state index contributed by atoms with van der Waals surface area (Å²) in [6.45, 7) is 0.329. The average molecular weight is 493 g/mol. The van der Waals surface area contributed by atoms with Crippen LogP contribution in [0.25, 0.3) is 11.4 Å². The summed E-state index contributed by atoms with van der Waals surface area (Å²) < 4.78 is 45.9. The third-order valence-corrected chi connectivity index (χ3v) is 5.74. The van der Waals surface area contributed by atoms with Gasteiger partial charge >= 0.3 is 6.18 Å². The molecule has 170 valence electrons. The van der Waals surface area contributed by atoms with Crippen LogP contribution in [0.5, 0.6) is 0 Å². The Labute approximate surface area is 195 Å². The van der Waals surface area contributed by atoms with E-state index in [1.807, 2.05) is 0 Å². The highest BCUT2D eigenvalue weighted by atomic mass is 35.5. The molecule has 33 heavy (non-hydrogen) atoms. The summed E-state index contributed by atoms with van der Waals surface area (Å²) in [6.07, 6.45) is -2.94. The van der Waals surface area contributed by atoms with E-state index in [9.17, 15) is 18.0 Å². The van der Waals surface area contributed by atoms with Gasteiger partial charge in [-0.15, -0.1) is 10.2 Å². The van der Waals surface area contributed by atoms with Crippen molar-refractivity contribution in [1.82, 2.24) is 14.8 Å². The third kappa shape index (κ3) is 5.77. The van der Waals surface area contributed by atoms with Crippen molar-refractivity contribution in [2.75, 3.05) is 11.1 Å². The zero-order valence-corrected chi connectivity index (χ0v) is 18.4. The first-order chi connectivity index (χ1) is 15.8. The van der Waals surface area contributed by atoms with Crippen LogP contribution in [0.15, 0.2) is 76.5 Å². The Morgan fingerprint density at radius 2 is 1.88 bits per heavy atom. The fourth-order valence-corrected chi connectivity index (χ4v) is 3.87. The van der Waals surface area contributed by atoms with Crippen molar-refractivity contribution in [1.29, 1.82) is 0 Å². The van der Waals surface area contributed by atoms with E-state index in [0.29, 0.717) is 28.3 Å². The molecule has 0 radical (unpaired) electrons. The normalized spacial score (nSPS) is 11.5. The molecule has 0 aliphatic carbocycles. The number of carbonyl (C=O) groups is 1. The maximum absolute atomic E-state index is 12.9. The first-order valence-electron chi connectivity index (χ1n) is 9.61. The van der Waals surface area contributed by atoms with E-state index in [1.54, 1.807) is 47.2 Å². The molecule has 0 saturated heterocycles. The highest BCUT2D eigenvalue weighted by molar-refractivity contribution is 7.99. The number of nitrogens with zero attached hydrogens (tertiary/aromatic N) is 3. The maximum Gasteiger partial charge on any atom is 0.416 e. The first-order valence-corrected chi connectivity index (χ1v) is 11.0. The minimum absolute atomic E-state index is 0.0642. The Morgan fingerprint density at radius 3 is 2.58 bits per heavy atom. The number of aromatic nitrogens is 3. The van der Waals surface area contributed by atoms with Crippen molar-refractivity contribution in [2.24, 2.45) is 0 Å². The van der Waals surface area contributed by atoms with E-state index in [2.05, 4.69) is 15.5 Å². The van der Waals surface area contributed by atoms with E-state index in [-0.39, 0.29) is 11.4 Å². The van der Waals surface area contributed by atoms with Gasteiger partial charge in [0.2, 0.25) is 5.91 Å². The summed E-state index contributed by atoms with van der Waals surface area (Å²) in [5.41, 5.74) is 0.00630. The van der Waals surface area contributed by atoms with Crippen LogP contribution < -0.4 is 5.32 Å². The van der Waals surface area contributed by atoms with Gasteiger partial charge in [-0.2, -0.15) is 13.2 Å². The second-order valence-corrected chi connectivity index (χ2v) is 8.27. The van der Waals surface area contributed by atoms with Crippen LogP contribution in [0.3, 0.4) is 0 Å². The number of hydrogen-bond acceptors (Lipinski definition) is 5. The zero-order valence-electron chi connectivity index (χ0n) is 16.8. The fourth-order valence-electron chi connectivity index (χ4n) is 3.01. The zero-order chi connectivity index (χ0) is 23.4. The molecule has 2 aromatic heterocycles. The van der Waals surface area contributed by atoms with Crippen molar-refractivity contribution in [2.45, 2.75) is 17.9 Å². The van der Waals surface area contributed by atoms with E-state index in [4.69, 9.17) is 16.0 Å². The summed E-state index contributed by atoms with van der Waals surface area (Å²) in [4.78, 5) is 12.4. The number of amides is 1. The number of furan rings is 1. The summed E-state index contributed by atoms with van der Waals surface area (Å²) in [7, 11) is 0. The molecule has 0 spiro atoms. The van der Waals surface area contributed by atoms with E-state index >= 15 is 0 Å². The molecule has 0 unspecified atom stereocenters. The summed E-state index contributed by atoms with van der Waals surface area (Å²) in [5.74, 6) is 0.678. The Kier molecular flexibility index (Phi) is 6.75. The van der Waals surface area contributed by atoms with Crippen LogP contribution in [-0.4, -0.2) is 26.4 Å². The minimum Gasteiger partial charge on any atom is -0.467 e. The number of anilines is 1. The lowest BCUT2D eigenvalue weighted by Gasteiger charge is -2.11. The Bertz CT molecular complexity index is 1240. The Balaban J connectivity index is 1.50. The molecule has 0 atom stereocenters. The van der Waals surface area contributed by atoms with Gasteiger partial charge in [-0.05, 0) is 54.6 Å². The predicted molar refractivity (Wildman–Crippen MR) is 119 cm³/mol. The van der Waals surface area contributed by atoms with Crippen molar-refractivity contribution < 1.29 is 22.4 Å². The first kappa shape index (κ1) is 22.9. The Morgan fingerprint density at radius 1 is 1.09 bits per heavy atom. The van der Waals surface area contributed by atoms with Gasteiger partial charge in [0.15, 0.2) is 11.0 Å². The number of hydrogen-bond donors (Lipinski definition) is 1. The molecule has 1 amide bonds. The summed E-state index contributed by atoms with van der Waals surface area (Å²) >= 11 is 7.09. The van der Waals surface area contributed by atoms with Gasteiger partial charge in [0, 0.05) is 16.3 Å². The summed E-state index contributed by atoms with van der Waals surface area (Å²) in [6, 6.07) is 15.1. The molecule has 4 aromatic rings. The van der Waals surface area contributed by atoms with Crippen LogP contribution >= 0.6 is 23.4 Å². The van der Waals surface area contributed by atoms with Crippen LogP contribution in [-0.2, 0) is 17.5 Å². The van der Waals surface area contributed by atoms with Crippen LogP contribution in [0.2, 0.25) is 5.02 Å². The highest BCUT2D eigenvalue weighted by Gasteiger charge is 2.30. The van der Waals surface area contributed by atoms with E-state index < -0.39 is 17.6 Å². The van der Waals surface area contributed by atoms with Gasteiger partial charge in [-0.1, -0.05) is 29.4 Å². The minimum atomic E-state index is -4.49. The lowest BCUT2D eigenvalue weighted by Crippen LogP contribution is -2.15. The van der Waals surface area contributed by atoms with Gasteiger partial charge in [0.05, 0.1) is 24.1 Å². The number of alkyl halides is 3. The van der Waals surface area contributed by atoms with E-state index in [1.165, 1.54) is 12.1 Å². The molecule has 4 rings (SSSR count). The highest BCUT2D eigenvalue weighted by Crippen LogP contribution is 2.31. The fraction of sp³-hybridized carbons (Fsp3) is 0.136. The molecule has 0 aliphatic heterocycles. The molecular weight excluding hydrogens is 477 g/mol. The van der Waals surface area contributed by atoms with Gasteiger partial charge in [0.1, 0.15) is 5.76 Å². The number of nitrogens with one attached hydrogen (secondary N) is 1. The van der Waals surface area contributed by atoms with Gasteiger partial charge in [-0.25, -0.2) is 0 Å². The number of thioether (sulfide) groups is 1. The largest absolute Gasteiger partial charge is 0.467 e. The Hall–Kier alpha value is -3.24.